The number of hydrogen-bond acceptors (Lipinski definition) is 3. The Bertz CT molecular complexity index is 559. The van der Waals surface area contributed by atoms with Crippen LogP contribution in [0.2, 0.25) is 5.02 Å². The summed E-state index contributed by atoms with van der Waals surface area (Å²) in [5, 5.41) is 12.0. The summed E-state index contributed by atoms with van der Waals surface area (Å²) in [6, 6.07) is 7.75. The molecule has 0 unspecified atom stereocenters. The maximum atomic E-state index is 8.57. The lowest BCUT2D eigenvalue weighted by Gasteiger charge is -2.00. The third-order valence-corrected chi connectivity index (χ3v) is 3.64. The van der Waals surface area contributed by atoms with Crippen molar-refractivity contribution >= 4 is 38.9 Å². The zero-order valence-electron chi connectivity index (χ0n) is 8.08. The molecule has 80 valence electrons. The van der Waals surface area contributed by atoms with Gasteiger partial charge in [-0.1, -0.05) is 33.6 Å². The number of benzene rings is 1. The zero-order chi connectivity index (χ0) is 11.5. The topological polar surface area (TPSA) is 36.7 Å². The van der Waals surface area contributed by atoms with Gasteiger partial charge in [-0.25, -0.2) is 4.98 Å². The van der Waals surface area contributed by atoms with Crippen LogP contribution in [0, 0.1) is 11.3 Å². The molecule has 5 heteroatoms. The normalized spacial score (nSPS) is 10.1. The number of aromatic nitrogens is 1. The van der Waals surface area contributed by atoms with E-state index in [1.807, 2.05) is 23.6 Å². The molecule has 2 rings (SSSR count). The Balaban J connectivity index is 2.39. The first-order valence-corrected chi connectivity index (χ1v) is 6.52. The maximum absolute atomic E-state index is 8.57. The van der Waals surface area contributed by atoms with Crippen molar-refractivity contribution in [3.05, 3.63) is 38.1 Å². The summed E-state index contributed by atoms with van der Waals surface area (Å²) in [4.78, 5) is 4.36. The molecule has 1 aromatic heterocycles. The quantitative estimate of drug-likeness (QED) is 0.829. The zero-order valence-corrected chi connectivity index (χ0v) is 11.2. The van der Waals surface area contributed by atoms with Crippen LogP contribution in [0.3, 0.4) is 0 Å². The van der Waals surface area contributed by atoms with Gasteiger partial charge in [-0.15, -0.1) is 11.3 Å². The third kappa shape index (κ3) is 2.43. The molecule has 2 aromatic rings. The fraction of sp³-hybridized carbons (Fsp3) is 0.0909. The van der Waals surface area contributed by atoms with Crippen LogP contribution in [0.4, 0.5) is 0 Å². The van der Waals surface area contributed by atoms with Crippen LogP contribution in [0.5, 0.6) is 0 Å². The lowest BCUT2D eigenvalue weighted by molar-refractivity contribution is 1.19. The Morgan fingerprint density at radius 3 is 3.00 bits per heavy atom. The summed E-state index contributed by atoms with van der Waals surface area (Å²) >= 11 is 11.0. The molecular formula is C11H6BrClN2S. The highest BCUT2D eigenvalue weighted by Gasteiger charge is 2.08. The lowest BCUT2D eigenvalue weighted by atomic mass is 10.2. The van der Waals surface area contributed by atoms with Crippen LogP contribution >= 0.6 is 38.9 Å². The van der Waals surface area contributed by atoms with E-state index in [-0.39, 0.29) is 0 Å². The van der Waals surface area contributed by atoms with Crippen molar-refractivity contribution in [2.24, 2.45) is 0 Å². The third-order valence-electron chi connectivity index (χ3n) is 1.99. The minimum absolute atomic E-state index is 0.346. The minimum atomic E-state index is 0.346. The van der Waals surface area contributed by atoms with E-state index >= 15 is 0 Å². The Hall–Kier alpha value is -0.890. The van der Waals surface area contributed by atoms with Gasteiger partial charge in [-0.05, 0) is 12.1 Å². The van der Waals surface area contributed by atoms with Crippen LogP contribution in [-0.2, 0) is 6.42 Å². The van der Waals surface area contributed by atoms with Gasteiger partial charge in [-0.3, -0.25) is 0 Å². The van der Waals surface area contributed by atoms with Gasteiger partial charge in [0.25, 0.3) is 0 Å². The molecule has 0 spiro atoms. The number of thiazole rings is 1. The first-order chi connectivity index (χ1) is 7.70. The number of nitrogens with zero attached hydrogens (tertiary/aromatic N) is 2. The standard InChI is InChI=1S/C11H6BrClN2S/c12-7-1-2-8(9(13)5-7)10-6-16-11(15-10)3-4-14/h1-2,5-6H,3H2. The van der Waals surface area contributed by atoms with E-state index in [9.17, 15) is 0 Å². The predicted molar refractivity (Wildman–Crippen MR) is 69.6 cm³/mol. The Labute approximate surface area is 111 Å². The Morgan fingerprint density at radius 2 is 2.31 bits per heavy atom. The van der Waals surface area contributed by atoms with E-state index in [1.165, 1.54) is 11.3 Å². The number of nitriles is 1. The fourth-order valence-electron chi connectivity index (χ4n) is 1.28. The van der Waals surface area contributed by atoms with Gasteiger partial charge in [0.05, 0.1) is 23.2 Å². The first-order valence-electron chi connectivity index (χ1n) is 4.47. The summed E-state index contributed by atoms with van der Waals surface area (Å²) in [6.45, 7) is 0. The van der Waals surface area contributed by atoms with Crippen molar-refractivity contribution in [1.29, 1.82) is 5.26 Å². The number of rotatable bonds is 2. The summed E-state index contributed by atoms with van der Waals surface area (Å²) in [5.41, 5.74) is 1.72. The van der Waals surface area contributed by atoms with Crippen molar-refractivity contribution in [3.63, 3.8) is 0 Å². The van der Waals surface area contributed by atoms with E-state index in [1.54, 1.807) is 0 Å². The molecule has 0 atom stereocenters. The Morgan fingerprint density at radius 1 is 1.50 bits per heavy atom. The van der Waals surface area contributed by atoms with Gasteiger partial charge >= 0.3 is 0 Å². The average molecular weight is 314 g/mol. The highest BCUT2D eigenvalue weighted by atomic mass is 79.9. The van der Waals surface area contributed by atoms with E-state index in [4.69, 9.17) is 16.9 Å². The second-order valence-electron chi connectivity index (χ2n) is 3.09. The molecule has 0 bridgehead atoms. The molecule has 0 N–H and O–H groups in total. The lowest BCUT2D eigenvalue weighted by Crippen LogP contribution is -1.82. The molecule has 16 heavy (non-hydrogen) atoms. The summed E-state index contributed by atoms with van der Waals surface area (Å²) < 4.78 is 0.939. The van der Waals surface area contributed by atoms with Crippen molar-refractivity contribution < 1.29 is 0 Å². The van der Waals surface area contributed by atoms with Gasteiger partial charge in [0, 0.05) is 15.4 Å². The van der Waals surface area contributed by atoms with Crippen LogP contribution in [0.1, 0.15) is 5.01 Å². The average Bonchev–Trinajstić information content (AvgIpc) is 2.67. The van der Waals surface area contributed by atoms with Crippen LogP contribution < -0.4 is 0 Å². The highest BCUT2D eigenvalue weighted by Crippen LogP contribution is 2.31. The molecular weight excluding hydrogens is 308 g/mol. The number of halogens is 2. The summed E-state index contributed by atoms with van der Waals surface area (Å²) in [6.07, 6.45) is 0.346. The molecule has 1 aromatic carbocycles. The van der Waals surface area contributed by atoms with Gasteiger partial charge in [0.2, 0.25) is 0 Å². The summed E-state index contributed by atoms with van der Waals surface area (Å²) in [5.74, 6) is 0. The molecule has 0 radical (unpaired) electrons. The van der Waals surface area contributed by atoms with E-state index in [0.29, 0.717) is 11.4 Å². The fourth-order valence-corrected chi connectivity index (χ4v) is 2.78. The predicted octanol–water partition coefficient (Wildman–Crippen LogP) is 4.29. The SMILES string of the molecule is N#CCc1nc(-c2ccc(Br)cc2Cl)cs1. The van der Waals surface area contributed by atoms with Gasteiger partial charge < -0.3 is 0 Å². The number of hydrogen-bond donors (Lipinski definition) is 0. The van der Waals surface area contributed by atoms with Crippen LogP contribution in [0.15, 0.2) is 28.1 Å². The van der Waals surface area contributed by atoms with Gasteiger partial charge in [0.1, 0.15) is 5.01 Å². The van der Waals surface area contributed by atoms with Crippen LogP contribution in [0.25, 0.3) is 11.3 Å². The molecule has 0 fully saturated rings. The molecule has 0 aliphatic carbocycles. The first kappa shape index (κ1) is 11.6. The second-order valence-corrected chi connectivity index (χ2v) is 5.35. The Kier molecular flexibility index (Phi) is 3.59. The smallest absolute Gasteiger partial charge is 0.107 e. The summed E-state index contributed by atoms with van der Waals surface area (Å²) in [7, 11) is 0. The maximum Gasteiger partial charge on any atom is 0.107 e. The molecule has 0 aliphatic rings. The molecule has 1 heterocycles. The van der Waals surface area contributed by atoms with Crippen molar-refractivity contribution in [3.8, 4) is 17.3 Å². The van der Waals surface area contributed by atoms with Crippen molar-refractivity contribution in [2.75, 3.05) is 0 Å². The molecule has 0 saturated carbocycles. The van der Waals surface area contributed by atoms with Crippen molar-refractivity contribution in [2.45, 2.75) is 6.42 Å². The van der Waals surface area contributed by atoms with E-state index < -0.39 is 0 Å². The highest BCUT2D eigenvalue weighted by molar-refractivity contribution is 9.10. The molecule has 0 amide bonds. The van der Waals surface area contributed by atoms with E-state index in [2.05, 4.69) is 27.0 Å². The monoisotopic (exact) mass is 312 g/mol. The van der Waals surface area contributed by atoms with Gasteiger partial charge in [0.15, 0.2) is 0 Å². The van der Waals surface area contributed by atoms with Gasteiger partial charge in [-0.2, -0.15) is 5.26 Å². The second kappa shape index (κ2) is 4.96. The largest absolute Gasteiger partial charge is 0.240 e. The minimum Gasteiger partial charge on any atom is -0.240 e. The molecule has 0 saturated heterocycles. The molecule has 2 nitrogen and oxygen atoms in total. The van der Waals surface area contributed by atoms with Crippen molar-refractivity contribution in [1.82, 2.24) is 4.98 Å². The van der Waals surface area contributed by atoms with E-state index in [0.717, 1.165) is 20.7 Å². The van der Waals surface area contributed by atoms with Crippen LogP contribution in [-0.4, -0.2) is 4.98 Å². The molecule has 0 aliphatic heterocycles.